The number of halogens is 1. The molecule has 1 fully saturated rings. The molecular formula is C12H16BrNO2S. The smallest absolute Gasteiger partial charge is 0.152 e. The molecule has 17 heavy (non-hydrogen) atoms. The van der Waals surface area contributed by atoms with Crippen LogP contribution in [0, 0.1) is 0 Å². The van der Waals surface area contributed by atoms with Crippen molar-refractivity contribution < 1.29 is 8.42 Å². The number of hydrogen-bond acceptors (Lipinski definition) is 3. The van der Waals surface area contributed by atoms with E-state index >= 15 is 0 Å². The molecule has 1 aliphatic heterocycles. The van der Waals surface area contributed by atoms with E-state index in [2.05, 4.69) is 45.1 Å². The van der Waals surface area contributed by atoms with Crippen LogP contribution in [0.5, 0.6) is 0 Å². The fourth-order valence-corrected chi connectivity index (χ4v) is 3.64. The van der Waals surface area contributed by atoms with Gasteiger partial charge in [0.1, 0.15) is 0 Å². The molecule has 5 heteroatoms. The van der Waals surface area contributed by atoms with Gasteiger partial charge in [0, 0.05) is 24.1 Å². The summed E-state index contributed by atoms with van der Waals surface area (Å²) in [7, 11) is -2.82. The maximum absolute atomic E-state index is 11.5. The van der Waals surface area contributed by atoms with Crippen molar-refractivity contribution >= 4 is 31.5 Å². The van der Waals surface area contributed by atoms with Crippen LogP contribution >= 0.6 is 15.9 Å². The first-order valence-corrected chi connectivity index (χ1v) is 8.65. The zero-order valence-electron chi connectivity index (χ0n) is 9.60. The highest BCUT2D eigenvalue weighted by atomic mass is 79.9. The average Bonchev–Trinajstić information content (AvgIpc) is 2.50. The fraction of sp³-hybridized carbons (Fsp3) is 0.500. The number of hydrogen-bond donors (Lipinski definition) is 0. The Hall–Kier alpha value is -0.550. The molecule has 1 saturated heterocycles. The van der Waals surface area contributed by atoms with Crippen molar-refractivity contribution in [3.05, 3.63) is 29.8 Å². The van der Waals surface area contributed by atoms with Crippen LogP contribution in [0.25, 0.3) is 0 Å². The summed E-state index contributed by atoms with van der Waals surface area (Å²) in [5, 5.41) is 0.849. The van der Waals surface area contributed by atoms with Gasteiger partial charge in [-0.25, -0.2) is 8.42 Å². The van der Waals surface area contributed by atoms with E-state index in [0.29, 0.717) is 12.3 Å². The van der Waals surface area contributed by atoms with E-state index in [-0.39, 0.29) is 5.75 Å². The van der Waals surface area contributed by atoms with Crippen LogP contribution in [-0.4, -0.2) is 33.0 Å². The summed E-state index contributed by atoms with van der Waals surface area (Å²) in [6.45, 7) is 1.43. The highest BCUT2D eigenvalue weighted by molar-refractivity contribution is 9.08. The summed E-state index contributed by atoms with van der Waals surface area (Å²) in [6, 6.07) is 8.27. The molecule has 0 aliphatic carbocycles. The number of nitrogens with zero attached hydrogens (tertiary/aromatic N) is 1. The van der Waals surface area contributed by atoms with Gasteiger partial charge in [0.05, 0.1) is 11.5 Å². The number of rotatable bonds is 2. The molecule has 0 amide bonds. The molecule has 0 saturated carbocycles. The van der Waals surface area contributed by atoms with Gasteiger partial charge in [0.25, 0.3) is 0 Å². The third kappa shape index (κ3) is 3.45. The SMILES string of the molecule is O=S1(=O)CCCN(c2ccc(CBr)cc2)CC1. The van der Waals surface area contributed by atoms with Gasteiger partial charge < -0.3 is 4.90 Å². The lowest BCUT2D eigenvalue weighted by molar-refractivity contribution is 0.597. The fourth-order valence-electron chi connectivity index (χ4n) is 1.99. The quantitative estimate of drug-likeness (QED) is 0.785. The summed E-state index contributed by atoms with van der Waals surface area (Å²) in [5.41, 5.74) is 2.35. The van der Waals surface area contributed by atoms with Crippen molar-refractivity contribution in [3.63, 3.8) is 0 Å². The normalized spacial score (nSPS) is 19.9. The number of anilines is 1. The zero-order valence-corrected chi connectivity index (χ0v) is 12.0. The monoisotopic (exact) mass is 317 g/mol. The number of alkyl halides is 1. The van der Waals surface area contributed by atoms with E-state index in [1.54, 1.807) is 0 Å². The van der Waals surface area contributed by atoms with Gasteiger partial charge in [-0.2, -0.15) is 0 Å². The van der Waals surface area contributed by atoms with E-state index < -0.39 is 9.84 Å². The first-order valence-electron chi connectivity index (χ1n) is 5.71. The molecule has 0 atom stereocenters. The molecule has 0 radical (unpaired) electrons. The van der Waals surface area contributed by atoms with Crippen molar-refractivity contribution in [2.75, 3.05) is 29.5 Å². The molecule has 0 aromatic heterocycles. The van der Waals surface area contributed by atoms with Crippen LogP contribution in [0.1, 0.15) is 12.0 Å². The molecule has 0 unspecified atom stereocenters. The summed E-state index contributed by atoms with van der Waals surface area (Å²) in [4.78, 5) is 2.16. The zero-order chi connectivity index (χ0) is 12.3. The van der Waals surface area contributed by atoms with Crippen LogP contribution < -0.4 is 4.90 Å². The topological polar surface area (TPSA) is 37.4 Å². The lowest BCUT2D eigenvalue weighted by Gasteiger charge is -2.22. The first-order chi connectivity index (χ1) is 8.11. The van der Waals surface area contributed by atoms with Crippen LogP contribution in [0.3, 0.4) is 0 Å². The molecule has 94 valence electrons. The average molecular weight is 318 g/mol. The Kier molecular flexibility index (Phi) is 4.09. The van der Waals surface area contributed by atoms with Crippen LogP contribution in [-0.2, 0) is 15.2 Å². The lowest BCUT2D eigenvalue weighted by atomic mass is 10.2. The van der Waals surface area contributed by atoms with E-state index in [9.17, 15) is 8.42 Å². The summed E-state index contributed by atoms with van der Waals surface area (Å²) >= 11 is 3.41. The molecule has 0 bridgehead atoms. The van der Waals surface area contributed by atoms with Crippen LogP contribution in [0.4, 0.5) is 5.69 Å². The van der Waals surface area contributed by atoms with Crippen molar-refractivity contribution in [2.45, 2.75) is 11.8 Å². The summed E-state index contributed by atoms with van der Waals surface area (Å²) < 4.78 is 23.0. The van der Waals surface area contributed by atoms with E-state index in [4.69, 9.17) is 0 Å². The number of sulfone groups is 1. The highest BCUT2D eigenvalue weighted by Crippen LogP contribution is 2.19. The minimum absolute atomic E-state index is 0.271. The molecule has 1 aromatic rings. The maximum Gasteiger partial charge on any atom is 0.152 e. The summed E-state index contributed by atoms with van der Waals surface area (Å²) in [5.74, 6) is 0.593. The van der Waals surface area contributed by atoms with Gasteiger partial charge >= 0.3 is 0 Å². The molecule has 3 nitrogen and oxygen atoms in total. The highest BCUT2D eigenvalue weighted by Gasteiger charge is 2.19. The van der Waals surface area contributed by atoms with E-state index in [1.165, 1.54) is 5.56 Å². The lowest BCUT2D eigenvalue weighted by Crippen LogP contribution is -2.26. The molecular weight excluding hydrogens is 302 g/mol. The van der Waals surface area contributed by atoms with Gasteiger partial charge in [0.2, 0.25) is 0 Å². The Balaban J connectivity index is 2.11. The largest absolute Gasteiger partial charge is 0.370 e. The van der Waals surface area contributed by atoms with Gasteiger partial charge in [-0.3, -0.25) is 0 Å². The molecule has 1 aliphatic rings. The predicted octanol–water partition coefficient (Wildman–Crippen LogP) is 2.21. The second-order valence-corrected chi connectivity index (χ2v) is 7.16. The Labute approximate surface area is 111 Å². The Morgan fingerprint density at radius 2 is 1.82 bits per heavy atom. The Morgan fingerprint density at radius 3 is 2.47 bits per heavy atom. The molecule has 0 spiro atoms. The van der Waals surface area contributed by atoms with Crippen molar-refractivity contribution in [3.8, 4) is 0 Å². The summed E-state index contributed by atoms with van der Waals surface area (Å²) in [6.07, 6.45) is 0.725. The standard InChI is InChI=1S/C12H16BrNO2S/c13-10-11-2-4-12(5-3-11)14-6-1-8-17(15,16)9-7-14/h2-5H,1,6-10H2. The van der Waals surface area contributed by atoms with Crippen molar-refractivity contribution in [1.29, 1.82) is 0 Å². The van der Waals surface area contributed by atoms with Crippen molar-refractivity contribution in [2.24, 2.45) is 0 Å². The minimum Gasteiger partial charge on any atom is -0.370 e. The number of benzene rings is 1. The third-order valence-corrected chi connectivity index (χ3v) is 5.37. The molecule has 1 heterocycles. The van der Waals surface area contributed by atoms with Crippen LogP contribution in [0.2, 0.25) is 0 Å². The molecule has 1 aromatic carbocycles. The Bertz CT molecular complexity index is 470. The maximum atomic E-state index is 11.5. The predicted molar refractivity (Wildman–Crippen MR) is 74.6 cm³/mol. The second kappa shape index (κ2) is 5.40. The van der Waals surface area contributed by atoms with Crippen molar-refractivity contribution in [1.82, 2.24) is 0 Å². The second-order valence-electron chi connectivity index (χ2n) is 4.29. The van der Waals surface area contributed by atoms with Gasteiger partial charge in [-0.05, 0) is 24.1 Å². The molecule has 0 N–H and O–H groups in total. The van der Waals surface area contributed by atoms with Gasteiger partial charge in [0.15, 0.2) is 9.84 Å². The molecule has 2 rings (SSSR count). The Morgan fingerprint density at radius 1 is 1.12 bits per heavy atom. The van der Waals surface area contributed by atoms with E-state index in [1.807, 2.05) is 0 Å². The minimum atomic E-state index is -2.82. The van der Waals surface area contributed by atoms with Gasteiger partial charge in [-0.1, -0.05) is 28.1 Å². The first kappa shape index (κ1) is 12.9. The third-order valence-electron chi connectivity index (χ3n) is 3.01. The van der Waals surface area contributed by atoms with Crippen LogP contribution in [0.15, 0.2) is 24.3 Å². The van der Waals surface area contributed by atoms with Gasteiger partial charge in [-0.15, -0.1) is 0 Å². The van der Waals surface area contributed by atoms with E-state index in [0.717, 1.165) is 24.0 Å².